The van der Waals surface area contributed by atoms with Crippen molar-refractivity contribution in [1.82, 2.24) is 4.31 Å². The molecule has 2 aromatic carbocycles. The molecule has 0 aromatic heterocycles. The zero-order chi connectivity index (χ0) is 23.0. The minimum atomic E-state index is -4.17. The molecule has 0 spiro atoms. The van der Waals surface area contributed by atoms with Crippen LogP contribution in [0.2, 0.25) is 0 Å². The van der Waals surface area contributed by atoms with Gasteiger partial charge < -0.3 is 14.8 Å². The predicted octanol–water partition coefficient (Wildman–Crippen LogP) is 2.59. The molecule has 0 unspecified atom stereocenters. The Kier molecular flexibility index (Phi) is 8.52. The largest absolute Gasteiger partial charge is 0.495 e. The number of nitrogens with zero attached hydrogens (tertiary/aromatic N) is 1. The van der Waals surface area contributed by atoms with Gasteiger partial charge in [0.2, 0.25) is 15.9 Å². The smallest absolute Gasteiger partial charge is 0.310 e. The summed E-state index contributed by atoms with van der Waals surface area (Å²) in [4.78, 5) is 23.6. The van der Waals surface area contributed by atoms with Crippen LogP contribution in [0.15, 0.2) is 47.4 Å². The van der Waals surface area contributed by atoms with E-state index >= 15 is 0 Å². The maximum atomic E-state index is 13.6. The number of carbonyl (C=O) groups excluding carboxylic acids is 2. The molecule has 8 nitrogen and oxygen atoms in total. The SMILES string of the molecule is CCOC(=O)Cc1ccc(NC(=O)CN(CC)S(=O)(=O)c2cc(F)ccc2OC)cc1. The highest BCUT2D eigenvalue weighted by molar-refractivity contribution is 7.89. The summed E-state index contributed by atoms with van der Waals surface area (Å²) in [5, 5.41) is 2.61. The predicted molar refractivity (Wildman–Crippen MR) is 113 cm³/mol. The number of halogens is 1. The molecule has 168 valence electrons. The van der Waals surface area contributed by atoms with Crippen LogP contribution in [0.25, 0.3) is 0 Å². The van der Waals surface area contributed by atoms with Crippen LogP contribution in [-0.4, -0.2) is 51.4 Å². The molecule has 0 aliphatic heterocycles. The van der Waals surface area contributed by atoms with Crippen molar-refractivity contribution in [2.75, 3.05) is 32.1 Å². The lowest BCUT2D eigenvalue weighted by Crippen LogP contribution is -2.38. The van der Waals surface area contributed by atoms with Crippen LogP contribution < -0.4 is 10.1 Å². The van der Waals surface area contributed by atoms with Crippen LogP contribution in [0, 0.1) is 5.82 Å². The number of amides is 1. The van der Waals surface area contributed by atoms with E-state index < -0.39 is 28.3 Å². The summed E-state index contributed by atoms with van der Waals surface area (Å²) >= 11 is 0. The Balaban J connectivity index is 2.09. The van der Waals surface area contributed by atoms with E-state index in [1.165, 1.54) is 13.2 Å². The number of esters is 1. The molecule has 0 heterocycles. The number of rotatable bonds is 10. The number of methoxy groups -OCH3 is 1. The number of benzene rings is 2. The molecule has 2 aromatic rings. The fraction of sp³-hybridized carbons (Fsp3) is 0.333. The average molecular weight is 453 g/mol. The highest BCUT2D eigenvalue weighted by Gasteiger charge is 2.29. The molecule has 0 atom stereocenters. The number of anilines is 1. The van der Waals surface area contributed by atoms with E-state index in [0.717, 1.165) is 16.4 Å². The van der Waals surface area contributed by atoms with Gasteiger partial charge in [-0.3, -0.25) is 9.59 Å². The quantitative estimate of drug-likeness (QED) is 0.556. The van der Waals surface area contributed by atoms with E-state index in [4.69, 9.17) is 9.47 Å². The Morgan fingerprint density at radius 1 is 1.10 bits per heavy atom. The topological polar surface area (TPSA) is 102 Å². The molecule has 0 aliphatic carbocycles. The second-order valence-corrected chi connectivity index (χ2v) is 8.36. The lowest BCUT2D eigenvalue weighted by Gasteiger charge is -2.21. The van der Waals surface area contributed by atoms with Gasteiger partial charge in [0.05, 0.1) is 26.7 Å². The van der Waals surface area contributed by atoms with Crippen molar-refractivity contribution in [3.05, 3.63) is 53.8 Å². The second kappa shape index (κ2) is 10.9. The number of sulfonamides is 1. The summed E-state index contributed by atoms with van der Waals surface area (Å²) in [5.74, 6) is -1.67. The van der Waals surface area contributed by atoms with Crippen molar-refractivity contribution in [2.45, 2.75) is 25.2 Å². The minimum Gasteiger partial charge on any atom is -0.495 e. The molecular weight excluding hydrogens is 427 g/mol. The number of nitrogens with one attached hydrogen (secondary N) is 1. The lowest BCUT2D eigenvalue weighted by atomic mass is 10.1. The molecule has 31 heavy (non-hydrogen) atoms. The van der Waals surface area contributed by atoms with Gasteiger partial charge in [-0.15, -0.1) is 0 Å². The molecule has 0 bridgehead atoms. The summed E-state index contributed by atoms with van der Waals surface area (Å²) in [5.41, 5.74) is 1.15. The van der Waals surface area contributed by atoms with Crippen molar-refractivity contribution in [2.24, 2.45) is 0 Å². The first-order valence-corrected chi connectivity index (χ1v) is 11.0. The molecule has 2 rings (SSSR count). The van der Waals surface area contributed by atoms with Gasteiger partial charge in [0, 0.05) is 12.2 Å². The highest BCUT2D eigenvalue weighted by atomic mass is 32.2. The number of hydrogen-bond donors (Lipinski definition) is 1. The van der Waals surface area contributed by atoms with Gasteiger partial charge in [0.25, 0.3) is 0 Å². The van der Waals surface area contributed by atoms with Crippen molar-refractivity contribution >= 4 is 27.6 Å². The van der Waals surface area contributed by atoms with Crippen molar-refractivity contribution in [3.8, 4) is 5.75 Å². The van der Waals surface area contributed by atoms with Gasteiger partial charge in [-0.05, 0) is 42.8 Å². The van der Waals surface area contributed by atoms with Gasteiger partial charge in [-0.1, -0.05) is 19.1 Å². The molecule has 1 amide bonds. The number of carbonyl (C=O) groups is 2. The Morgan fingerprint density at radius 2 is 1.77 bits per heavy atom. The Hall–Kier alpha value is -2.98. The lowest BCUT2D eigenvalue weighted by molar-refractivity contribution is -0.142. The van der Waals surface area contributed by atoms with E-state index in [2.05, 4.69) is 5.32 Å². The Morgan fingerprint density at radius 3 is 2.35 bits per heavy atom. The summed E-state index contributed by atoms with van der Waals surface area (Å²) in [6.45, 7) is 3.11. The van der Waals surface area contributed by atoms with Gasteiger partial charge in [-0.25, -0.2) is 12.8 Å². The summed E-state index contributed by atoms with van der Waals surface area (Å²) in [6, 6.07) is 9.70. The van der Waals surface area contributed by atoms with E-state index in [1.54, 1.807) is 38.1 Å². The number of ether oxygens (including phenoxy) is 2. The third-order valence-corrected chi connectivity index (χ3v) is 6.25. The van der Waals surface area contributed by atoms with Gasteiger partial charge in [0.15, 0.2) is 0 Å². The first-order valence-electron chi connectivity index (χ1n) is 9.59. The van der Waals surface area contributed by atoms with Crippen LogP contribution in [0.4, 0.5) is 10.1 Å². The normalized spacial score (nSPS) is 11.3. The maximum absolute atomic E-state index is 13.6. The van der Waals surface area contributed by atoms with E-state index in [9.17, 15) is 22.4 Å². The fourth-order valence-electron chi connectivity index (χ4n) is 2.80. The molecule has 0 aliphatic rings. The zero-order valence-electron chi connectivity index (χ0n) is 17.6. The highest BCUT2D eigenvalue weighted by Crippen LogP contribution is 2.27. The van der Waals surface area contributed by atoms with Crippen LogP contribution in [0.1, 0.15) is 19.4 Å². The van der Waals surface area contributed by atoms with Crippen molar-refractivity contribution in [1.29, 1.82) is 0 Å². The number of likely N-dealkylation sites (N-methyl/N-ethyl adjacent to an activating group) is 1. The second-order valence-electron chi connectivity index (χ2n) is 6.45. The van der Waals surface area contributed by atoms with E-state index in [1.807, 2.05) is 0 Å². The first-order chi connectivity index (χ1) is 14.7. The molecule has 10 heteroatoms. The van der Waals surface area contributed by atoms with Gasteiger partial charge in [-0.2, -0.15) is 4.31 Å². The van der Waals surface area contributed by atoms with Gasteiger partial charge in [0.1, 0.15) is 16.5 Å². The summed E-state index contributed by atoms with van der Waals surface area (Å²) in [7, 11) is -2.89. The molecule has 1 N–H and O–H groups in total. The fourth-order valence-corrected chi connectivity index (χ4v) is 4.38. The molecule has 0 radical (unpaired) electrons. The standard InChI is InChI=1S/C21H25FN2O6S/c1-4-24(31(27,28)19-13-16(22)8-11-18(19)29-3)14-20(25)23-17-9-6-15(7-10-17)12-21(26)30-5-2/h6-11,13H,4-5,12,14H2,1-3H3,(H,23,25). The van der Waals surface area contributed by atoms with Crippen LogP contribution in [0.3, 0.4) is 0 Å². The monoisotopic (exact) mass is 452 g/mol. The average Bonchev–Trinajstić information content (AvgIpc) is 2.73. The Bertz CT molecular complexity index is 1020. The molecule has 0 saturated carbocycles. The third-order valence-electron chi connectivity index (χ3n) is 4.31. The van der Waals surface area contributed by atoms with Crippen LogP contribution in [-0.2, 0) is 30.8 Å². The van der Waals surface area contributed by atoms with E-state index in [-0.39, 0.29) is 29.6 Å². The van der Waals surface area contributed by atoms with Crippen molar-refractivity contribution in [3.63, 3.8) is 0 Å². The molecule has 0 saturated heterocycles. The number of hydrogen-bond acceptors (Lipinski definition) is 6. The van der Waals surface area contributed by atoms with Crippen molar-refractivity contribution < 1.29 is 31.9 Å². The Labute approximate surface area is 181 Å². The summed E-state index contributed by atoms with van der Waals surface area (Å²) in [6.07, 6.45) is 0.111. The van der Waals surface area contributed by atoms with Crippen LogP contribution >= 0.6 is 0 Å². The molecular formula is C21H25FN2O6S. The van der Waals surface area contributed by atoms with E-state index in [0.29, 0.717) is 17.9 Å². The zero-order valence-corrected chi connectivity index (χ0v) is 18.4. The molecule has 0 fully saturated rings. The third kappa shape index (κ3) is 6.50. The minimum absolute atomic E-state index is 0.00605. The van der Waals surface area contributed by atoms with Gasteiger partial charge >= 0.3 is 5.97 Å². The van der Waals surface area contributed by atoms with Crippen LogP contribution in [0.5, 0.6) is 5.75 Å². The summed E-state index contributed by atoms with van der Waals surface area (Å²) < 4.78 is 50.4. The first kappa shape index (κ1) is 24.3. The maximum Gasteiger partial charge on any atom is 0.310 e.